The number of hydrogen-bond acceptors (Lipinski definition) is 4. The summed E-state index contributed by atoms with van der Waals surface area (Å²) in [6.07, 6.45) is 0. The number of guanidine groups is 1. The average Bonchev–Trinajstić information content (AvgIpc) is 2.52. The van der Waals surface area contributed by atoms with Crippen LogP contribution in [-0.2, 0) is 4.74 Å². The maximum atomic E-state index is 11.9. The number of aliphatic imine (C=N–C) groups is 1. The number of nitrogens with one attached hydrogen (secondary N) is 3. The first-order valence-corrected chi connectivity index (χ1v) is 7.68. The van der Waals surface area contributed by atoms with Crippen LogP contribution in [0.5, 0.6) is 5.75 Å². The number of rotatable bonds is 8. The Morgan fingerprint density at radius 1 is 1.35 bits per heavy atom. The number of benzene rings is 1. The van der Waals surface area contributed by atoms with E-state index in [0.717, 1.165) is 6.54 Å². The minimum absolute atomic E-state index is 0.0307. The summed E-state index contributed by atoms with van der Waals surface area (Å²) in [5, 5.41) is 18.7. The molecule has 0 heterocycles. The van der Waals surface area contributed by atoms with Gasteiger partial charge >= 0.3 is 0 Å². The van der Waals surface area contributed by atoms with Gasteiger partial charge in [0.2, 0.25) is 0 Å². The number of carbonyl (C=O) groups excluding carboxylic acids is 1. The van der Waals surface area contributed by atoms with Crippen LogP contribution in [0.4, 0.5) is 0 Å². The first-order chi connectivity index (χ1) is 11.1. The number of phenols is 1. The van der Waals surface area contributed by atoms with E-state index in [4.69, 9.17) is 4.74 Å². The van der Waals surface area contributed by atoms with Gasteiger partial charge in [0.05, 0.1) is 18.7 Å². The molecule has 1 unspecified atom stereocenters. The highest BCUT2D eigenvalue weighted by molar-refractivity contribution is 5.96. The summed E-state index contributed by atoms with van der Waals surface area (Å²) in [6.45, 7) is 6.11. The Morgan fingerprint density at radius 3 is 2.74 bits per heavy atom. The fraction of sp³-hybridized carbons (Fsp3) is 0.500. The zero-order valence-corrected chi connectivity index (χ0v) is 13.9. The van der Waals surface area contributed by atoms with Crippen molar-refractivity contribution in [1.82, 2.24) is 16.0 Å². The number of hydrogen-bond donors (Lipinski definition) is 4. The normalized spacial score (nSPS) is 12.6. The number of para-hydroxylation sites is 1. The summed E-state index contributed by atoms with van der Waals surface area (Å²) in [5.41, 5.74) is 0.259. The molecule has 1 aromatic rings. The molecule has 4 N–H and O–H groups in total. The lowest BCUT2D eigenvalue weighted by Crippen LogP contribution is -2.44. The predicted octanol–water partition coefficient (Wildman–Crippen LogP) is 0.712. The van der Waals surface area contributed by atoms with Gasteiger partial charge in [-0.05, 0) is 26.0 Å². The lowest BCUT2D eigenvalue weighted by Gasteiger charge is -2.17. The molecular weight excluding hydrogens is 296 g/mol. The summed E-state index contributed by atoms with van der Waals surface area (Å²) in [5.74, 6) is 0.328. The molecule has 0 aromatic heterocycles. The molecule has 128 valence electrons. The zero-order valence-electron chi connectivity index (χ0n) is 13.9. The summed E-state index contributed by atoms with van der Waals surface area (Å²) < 4.78 is 5.07. The van der Waals surface area contributed by atoms with E-state index in [-0.39, 0.29) is 23.3 Å². The third-order valence-corrected chi connectivity index (χ3v) is 2.96. The number of carbonyl (C=O) groups is 1. The van der Waals surface area contributed by atoms with Crippen LogP contribution in [0.2, 0.25) is 0 Å². The number of amides is 1. The number of phenolic OH excluding ortho intramolecular Hbond substituents is 1. The van der Waals surface area contributed by atoms with Gasteiger partial charge in [-0.15, -0.1) is 0 Å². The minimum atomic E-state index is -0.316. The molecule has 0 aliphatic rings. The number of methoxy groups -OCH3 is 1. The van der Waals surface area contributed by atoms with Gasteiger partial charge in [-0.25, -0.2) is 0 Å². The zero-order chi connectivity index (χ0) is 17.1. The molecule has 1 rings (SSSR count). The Morgan fingerprint density at radius 2 is 2.09 bits per heavy atom. The van der Waals surface area contributed by atoms with Crippen LogP contribution < -0.4 is 16.0 Å². The summed E-state index contributed by atoms with van der Waals surface area (Å²) >= 11 is 0. The maximum Gasteiger partial charge on any atom is 0.255 e. The van der Waals surface area contributed by atoms with Gasteiger partial charge in [-0.3, -0.25) is 9.79 Å². The molecule has 0 bridgehead atoms. The Hall–Kier alpha value is -2.28. The first-order valence-electron chi connectivity index (χ1n) is 7.68. The van der Waals surface area contributed by atoms with Crippen LogP contribution in [0.3, 0.4) is 0 Å². The number of ether oxygens (including phenoxy) is 1. The standard InChI is InChI=1S/C16H26N4O3/c1-4-17-16(20-12(2)11-23-3)19-10-9-18-15(22)13-7-5-6-8-14(13)21/h5-8,12,21H,4,9-11H2,1-3H3,(H,18,22)(H2,17,19,20). The Labute approximate surface area is 137 Å². The van der Waals surface area contributed by atoms with E-state index in [0.29, 0.717) is 25.7 Å². The van der Waals surface area contributed by atoms with Crippen molar-refractivity contribution >= 4 is 11.9 Å². The van der Waals surface area contributed by atoms with Crippen molar-refractivity contribution in [3.8, 4) is 5.75 Å². The lowest BCUT2D eigenvalue weighted by molar-refractivity contribution is 0.0952. The van der Waals surface area contributed by atoms with E-state index in [1.807, 2.05) is 13.8 Å². The minimum Gasteiger partial charge on any atom is -0.507 e. The van der Waals surface area contributed by atoms with Gasteiger partial charge in [-0.2, -0.15) is 0 Å². The van der Waals surface area contributed by atoms with Crippen molar-refractivity contribution in [2.24, 2.45) is 4.99 Å². The van der Waals surface area contributed by atoms with E-state index in [9.17, 15) is 9.90 Å². The van der Waals surface area contributed by atoms with Gasteiger partial charge in [0, 0.05) is 26.2 Å². The highest BCUT2D eigenvalue weighted by Gasteiger charge is 2.09. The van der Waals surface area contributed by atoms with Crippen molar-refractivity contribution in [3.05, 3.63) is 29.8 Å². The van der Waals surface area contributed by atoms with Crippen LogP contribution in [0.1, 0.15) is 24.2 Å². The molecule has 7 nitrogen and oxygen atoms in total. The van der Waals surface area contributed by atoms with Crippen molar-refractivity contribution in [1.29, 1.82) is 0 Å². The third-order valence-electron chi connectivity index (χ3n) is 2.96. The quantitative estimate of drug-likeness (QED) is 0.321. The molecule has 0 spiro atoms. The van der Waals surface area contributed by atoms with Crippen LogP contribution in [0.25, 0.3) is 0 Å². The second kappa shape index (κ2) is 10.4. The lowest BCUT2D eigenvalue weighted by atomic mass is 10.2. The molecule has 1 atom stereocenters. The monoisotopic (exact) mass is 322 g/mol. The number of aromatic hydroxyl groups is 1. The van der Waals surface area contributed by atoms with Crippen molar-refractivity contribution in [2.75, 3.05) is 33.4 Å². The van der Waals surface area contributed by atoms with E-state index >= 15 is 0 Å². The largest absolute Gasteiger partial charge is 0.507 e. The van der Waals surface area contributed by atoms with Crippen LogP contribution >= 0.6 is 0 Å². The fourth-order valence-corrected chi connectivity index (χ4v) is 1.94. The molecule has 0 saturated heterocycles. The van der Waals surface area contributed by atoms with Crippen LogP contribution in [0, 0.1) is 0 Å². The fourth-order valence-electron chi connectivity index (χ4n) is 1.94. The Kier molecular flexibility index (Phi) is 8.52. The molecule has 1 aromatic carbocycles. The third kappa shape index (κ3) is 7.01. The molecule has 0 radical (unpaired) electrons. The molecule has 0 fully saturated rings. The maximum absolute atomic E-state index is 11.9. The van der Waals surface area contributed by atoms with Gasteiger partial charge < -0.3 is 25.8 Å². The summed E-state index contributed by atoms with van der Waals surface area (Å²) in [7, 11) is 1.65. The molecular formula is C16H26N4O3. The van der Waals surface area contributed by atoms with Crippen LogP contribution in [-0.4, -0.2) is 56.4 Å². The van der Waals surface area contributed by atoms with Crippen molar-refractivity contribution in [3.63, 3.8) is 0 Å². The Bertz CT molecular complexity index is 520. The van der Waals surface area contributed by atoms with E-state index in [1.165, 1.54) is 6.07 Å². The van der Waals surface area contributed by atoms with Gasteiger partial charge in [0.15, 0.2) is 5.96 Å². The van der Waals surface area contributed by atoms with E-state index < -0.39 is 0 Å². The van der Waals surface area contributed by atoms with Gasteiger partial charge in [0.25, 0.3) is 5.91 Å². The van der Waals surface area contributed by atoms with E-state index in [2.05, 4.69) is 20.9 Å². The number of nitrogens with zero attached hydrogens (tertiary/aromatic N) is 1. The molecule has 7 heteroatoms. The summed E-state index contributed by atoms with van der Waals surface area (Å²) in [4.78, 5) is 16.3. The average molecular weight is 322 g/mol. The SMILES string of the molecule is CCNC(=NCCNC(=O)c1ccccc1O)NC(C)COC. The molecule has 23 heavy (non-hydrogen) atoms. The molecule has 1 amide bonds. The molecule has 0 aliphatic carbocycles. The van der Waals surface area contributed by atoms with Crippen molar-refractivity contribution in [2.45, 2.75) is 19.9 Å². The predicted molar refractivity (Wildman–Crippen MR) is 90.9 cm³/mol. The van der Waals surface area contributed by atoms with Crippen molar-refractivity contribution < 1.29 is 14.6 Å². The molecule has 0 aliphatic heterocycles. The summed E-state index contributed by atoms with van der Waals surface area (Å²) in [6, 6.07) is 6.57. The second-order valence-electron chi connectivity index (χ2n) is 5.03. The Balaban J connectivity index is 2.45. The van der Waals surface area contributed by atoms with Gasteiger partial charge in [-0.1, -0.05) is 12.1 Å². The van der Waals surface area contributed by atoms with E-state index in [1.54, 1.807) is 25.3 Å². The first kappa shape index (κ1) is 18.8. The smallest absolute Gasteiger partial charge is 0.255 e. The molecule has 0 saturated carbocycles. The highest BCUT2D eigenvalue weighted by atomic mass is 16.5. The topological polar surface area (TPSA) is 95.0 Å². The second-order valence-corrected chi connectivity index (χ2v) is 5.03. The van der Waals surface area contributed by atoms with Gasteiger partial charge in [0.1, 0.15) is 5.75 Å². The van der Waals surface area contributed by atoms with Crippen LogP contribution in [0.15, 0.2) is 29.3 Å². The highest BCUT2D eigenvalue weighted by Crippen LogP contribution is 2.14.